The molecule has 3 aromatic carbocycles. The van der Waals surface area contributed by atoms with Crippen molar-refractivity contribution in [1.82, 2.24) is 0 Å². The molecule has 0 saturated carbocycles. The van der Waals surface area contributed by atoms with Crippen molar-refractivity contribution in [3.8, 4) is 17.2 Å². The molecule has 0 unspecified atom stereocenters. The average Bonchev–Trinajstić information content (AvgIpc) is 2.64. The molecule has 3 aromatic rings. The molecule has 0 aliphatic carbocycles. The Kier molecular flexibility index (Phi) is 4.76. The van der Waals surface area contributed by atoms with E-state index in [-0.39, 0.29) is 5.75 Å². The van der Waals surface area contributed by atoms with Crippen molar-refractivity contribution in [2.24, 2.45) is 0 Å². The number of aromatic hydroxyl groups is 1. The maximum absolute atomic E-state index is 12.1. The van der Waals surface area contributed by atoms with Gasteiger partial charge in [-0.3, -0.25) is 0 Å². The standard InChI is InChI=1S/C20H14O5/c21-16-10-12-18(13-11-16)25-20(23)15-8-6-14(7-9-15)19(22)24-17-4-2-1-3-5-17/h1-13,21H. The fourth-order valence-electron chi connectivity index (χ4n) is 2.08. The van der Waals surface area contributed by atoms with Gasteiger partial charge >= 0.3 is 11.9 Å². The van der Waals surface area contributed by atoms with E-state index in [1.54, 1.807) is 24.3 Å². The highest BCUT2D eigenvalue weighted by Gasteiger charge is 2.12. The van der Waals surface area contributed by atoms with Crippen LogP contribution < -0.4 is 9.47 Å². The van der Waals surface area contributed by atoms with Gasteiger partial charge in [0.25, 0.3) is 0 Å². The van der Waals surface area contributed by atoms with E-state index >= 15 is 0 Å². The second-order valence-electron chi connectivity index (χ2n) is 5.16. The number of rotatable bonds is 4. The molecule has 0 fully saturated rings. The van der Waals surface area contributed by atoms with Crippen LogP contribution in [0, 0.1) is 0 Å². The van der Waals surface area contributed by atoms with Gasteiger partial charge in [-0.25, -0.2) is 9.59 Å². The van der Waals surface area contributed by atoms with Gasteiger partial charge < -0.3 is 14.6 Å². The lowest BCUT2D eigenvalue weighted by atomic mass is 10.1. The molecule has 0 atom stereocenters. The number of carbonyl (C=O) groups excluding carboxylic acids is 2. The second kappa shape index (κ2) is 7.31. The third kappa shape index (κ3) is 4.23. The van der Waals surface area contributed by atoms with Gasteiger partial charge in [-0.15, -0.1) is 0 Å². The van der Waals surface area contributed by atoms with E-state index in [0.29, 0.717) is 22.6 Å². The van der Waals surface area contributed by atoms with Gasteiger partial charge in [0.05, 0.1) is 11.1 Å². The van der Waals surface area contributed by atoms with Gasteiger partial charge in [0.2, 0.25) is 0 Å². The summed E-state index contributed by atoms with van der Waals surface area (Å²) in [6.07, 6.45) is 0. The predicted molar refractivity (Wildman–Crippen MR) is 90.9 cm³/mol. The molecule has 0 radical (unpaired) electrons. The van der Waals surface area contributed by atoms with Crippen LogP contribution in [-0.2, 0) is 0 Å². The minimum Gasteiger partial charge on any atom is -0.508 e. The van der Waals surface area contributed by atoms with Crippen LogP contribution in [0.25, 0.3) is 0 Å². The summed E-state index contributed by atoms with van der Waals surface area (Å²) in [4.78, 5) is 24.1. The van der Waals surface area contributed by atoms with Gasteiger partial charge in [0.15, 0.2) is 0 Å². The highest BCUT2D eigenvalue weighted by Crippen LogP contribution is 2.18. The summed E-state index contributed by atoms with van der Waals surface area (Å²) in [5.74, 6) is -0.224. The van der Waals surface area contributed by atoms with Crippen LogP contribution in [0.2, 0.25) is 0 Å². The summed E-state index contributed by atoms with van der Waals surface area (Å²) >= 11 is 0. The first-order chi connectivity index (χ1) is 12.1. The summed E-state index contributed by atoms with van der Waals surface area (Å²) < 4.78 is 10.4. The van der Waals surface area contributed by atoms with Crippen molar-refractivity contribution in [1.29, 1.82) is 0 Å². The smallest absolute Gasteiger partial charge is 0.343 e. The molecule has 0 saturated heterocycles. The molecule has 0 bridgehead atoms. The summed E-state index contributed by atoms with van der Waals surface area (Å²) in [6.45, 7) is 0. The van der Waals surface area contributed by atoms with Crippen molar-refractivity contribution >= 4 is 11.9 Å². The lowest BCUT2D eigenvalue weighted by Crippen LogP contribution is -2.11. The Morgan fingerprint density at radius 3 is 1.52 bits per heavy atom. The zero-order valence-corrected chi connectivity index (χ0v) is 13.1. The fraction of sp³-hybridized carbons (Fsp3) is 0. The van der Waals surface area contributed by atoms with Crippen LogP contribution >= 0.6 is 0 Å². The number of esters is 2. The lowest BCUT2D eigenvalue weighted by molar-refractivity contribution is 0.0720. The van der Waals surface area contributed by atoms with Gasteiger partial charge in [0.1, 0.15) is 17.2 Å². The SMILES string of the molecule is O=C(Oc1ccccc1)c1ccc(C(=O)Oc2ccc(O)cc2)cc1. The summed E-state index contributed by atoms with van der Waals surface area (Å²) in [6, 6.07) is 20.5. The molecule has 0 amide bonds. The van der Waals surface area contributed by atoms with Crippen LogP contribution in [0.15, 0.2) is 78.9 Å². The molecular formula is C20H14O5. The number of ether oxygens (including phenoxy) is 2. The van der Waals surface area contributed by atoms with Gasteiger partial charge in [-0.2, -0.15) is 0 Å². The van der Waals surface area contributed by atoms with Crippen LogP contribution in [-0.4, -0.2) is 17.0 Å². The Labute approximate surface area is 144 Å². The van der Waals surface area contributed by atoms with Crippen molar-refractivity contribution < 1.29 is 24.2 Å². The van der Waals surface area contributed by atoms with E-state index < -0.39 is 11.9 Å². The quantitative estimate of drug-likeness (QED) is 0.580. The van der Waals surface area contributed by atoms with Gasteiger partial charge in [-0.1, -0.05) is 18.2 Å². The maximum atomic E-state index is 12.1. The zero-order valence-electron chi connectivity index (χ0n) is 13.1. The van der Waals surface area contributed by atoms with Crippen molar-refractivity contribution in [3.05, 3.63) is 90.0 Å². The Hall–Kier alpha value is -3.60. The normalized spacial score (nSPS) is 10.1. The van der Waals surface area contributed by atoms with Crippen molar-refractivity contribution in [2.75, 3.05) is 0 Å². The molecule has 124 valence electrons. The number of benzene rings is 3. The van der Waals surface area contributed by atoms with Gasteiger partial charge in [0, 0.05) is 0 Å². The first-order valence-electron chi connectivity index (χ1n) is 7.50. The summed E-state index contributed by atoms with van der Waals surface area (Å²) in [7, 11) is 0. The fourth-order valence-corrected chi connectivity index (χ4v) is 2.08. The molecule has 5 heteroatoms. The van der Waals surface area contributed by atoms with E-state index in [1.807, 2.05) is 6.07 Å². The van der Waals surface area contributed by atoms with Crippen molar-refractivity contribution in [3.63, 3.8) is 0 Å². The molecule has 3 rings (SSSR count). The zero-order chi connectivity index (χ0) is 17.6. The Morgan fingerprint density at radius 1 is 0.600 bits per heavy atom. The van der Waals surface area contributed by atoms with Crippen molar-refractivity contribution in [2.45, 2.75) is 0 Å². The number of hydrogen-bond acceptors (Lipinski definition) is 5. The third-order valence-electron chi connectivity index (χ3n) is 3.36. The average molecular weight is 334 g/mol. The lowest BCUT2D eigenvalue weighted by Gasteiger charge is -2.06. The monoisotopic (exact) mass is 334 g/mol. The summed E-state index contributed by atoms with van der Waals surface area (Å²) in [5.41, 5.74) is 0.620. The Morgan fingerprint density at radius 2 is 1.04 bits per heavy atom. The van der Waals surface area contributed by atoms with Gasteiger partial charge in [-0.05, 0) is 60.7 Å². The second-order valence-corrected chi connectivity index (χ2v) is 5.16. The largest absolute Gasteiger partial charge is 0.508 e. The van der Waals surface area contributed by atoms with E-state index in [2.05, 4.69) is 0 Å². The van der Waals surface area contributed by atoms with Crippen LogP contribution in [0.4, 0.5) is 0 Å². The highest BCUT2D eigenvalue weighted by molar-refractivity contribution is 5.94. The number of para-hydroxylation sites is 1. The van der Waals surface area contributed by atoms with Crippen LogP contribution in [0.5, 0.6) is 17.2 Å². The first kappa shape index (κ1) is 16.3. The predicted octanol–water partition coefficient (Wildman–Crippen LogP) is 3.83. The third-order valence-corrected chi connectivity index (χ3v) is 3.36. The molecule has 0 spiro atoms. The minimum absolute atomic E-state index is 0.0843. The Balaban J connectivity index is 1.66. The molecular weight excluding hydrogens is 320 g/mol. The van der Waals surface area contributed by atoms with Crippen LogP contribution in [0.3, 0.4) is 0 Å². The molecule has 25 heavy (non-hydrogen) atoms. The number of hydrogen-bond donors (Lipinski definition) is 1. The molecule has 1 N–H and O–H groups in total. The number of phenolic OH excluding ortho intramolecular Hbond substituents is 1. The van der Waals surface area contributed by atoms with E-state index in [0.717, 1.165) is 0 Å². The molecule has 5 nitrogen and oxygen atoms in total. The van der Waals surface area contributed by atoms with E-state index in [9.17, 15) is 14.7 Å². The topological polar surface area (TPSA) is 72.8 Å². The van der Waals surface area contributed by atoms with Crippen LogP contribution in [0.1, 0.15) is 20.7 Å². The Bertz CT molecular complexity index is 868. The number of phenols is 1. The molecule has 0 aromatic heterocycles. The highest BCUT2D eigenvalue weighted by atomic mass is 16.5. The van der Waals surface area contributed by atoms with E-state index in [4.69, 9.17) is 9.47 Å². The molecule has 0 aliphatic heterocycles. The molecule has 0 aliphatic rings. The minimum atomic E-state index is -0.561. The summed E-state index contributed by atoms with van der Waals surface area (Å²) in [5, 5.41) is 9.21. The van der Waals surface area contributed by atoms with E-state index in [1.165, 1.54) is 48.5 Å². The first-order valence-corrected chi connectivity index (χ1v) is 7.50. The maximum Gasteiger partial charge on any atom is 0.343 e. The molecule has 0 heterocycles. The number of carbonyl (C=O) groups is 2.